The van der Waals surface area contributed by atoms with Gasteiger partial charge in [-0.15, -0.1) is 0 Å². The number of carbonyl (C=O) groups is 2. The summed E-state index contributed by atoms with van der Waals surface area (Å²) in [6, 6.07) is 12.3. The Balaban J connectivity index is 1.48. The Labute approximate surface area is 168 Å². The Morgan fingerprint density at radius 2 is 1.72 bits per heavy atom. The number of amides is 2. The number of aryl methyl sites for hydroxylation is 1. The van der Waals surface area contributed by atoms with Crippen molar-refractivity contribution in [3.8, 4) is 0 Å². The first-order valence-corrected chi connectivity index (χ1v) is 9.88. The van der Waals surface area contributed by atoms with Crippen LogP contribution in [0.3, 0.4) is 0 Å². The van der Waals surface area contributed by atoms with E-state index in [-0.39, 0.29) is 23.5 Å². The number of benzene rings is 2. The first kappa shape index (κ1) is 19.1. The molecule has 0 bridgehead atoms. The standard InChI is InChI=1S/C22H23N3O4/c1-14-12-17(6-11-20(14)25(28)29)22(27)24(19-9-10-19)13-15-2-4-16(5-3-15)21(26)23-18-7-8-18/h2-6,11-12,18-19H,7-10,13H2,1H3,(H,23,26). The van der Waals surface area contributed by atoms with Gasteiger partial charge in [-0.2, -0.15) is 0 Å². The highest BCUT2D eigenvalue weighted by atomic mass is 16.6. The van der Waals surface area contributed by atoms with Gasteiger partial charge in [0.15, 0.2) is 0 Å². The van der Waals surface area contributed by atoms with Gasteiger partial charge in [0, 0.05) is 41.4 Å². The molecule has 29 heavy (non-hydrogen) atoms. The van der Waals surface area contributed by atoms with E-state index in [9.17, 15) is 19.7 Å². The van der Waals surface area contributed by atoms with Crippen LogP contribution in [-0.2, 0) is 6.54 Å². The van der Waals surface area contributed by atoms with Crippen LogP contribution in [0.5, 0.6) is 0 Å². The molecule has 0 atom stereocenters. The highest BCUT2D eigenvalue weighted by molar-refractivity contribution is 5.95. The second kappa shape index (κ2) is 7.66. The number of nitrogens with one attached hydrogen (secondary N) is 1. The van der Waals surface area contributed by atoms with Gasteiger partial charge in [-0.3, -0.25) is 19.7 Å². The summed E-state index contributed by atoms with van der Waals surface area (Å²) in [5.74, 6) is -0.184. The van der Waals surface area contributed by atoms with Gasteiger partial charge in [-0.1, -0.05) is 12.1 Å². The molecule has 2 amide bonds. The van der Waals surface area contributed by atoms with Gasteiger partial charge in [0.05, 0.1) is 4.92 Å². The van der Waals surface area contributed by atoms with Gasteiger partial charge in [-0.05, 0) is 62.4 Å². The average molecular weight is 393 g/mol. The lowest BCUT2D eigenvalue weighted by Crippen LogP contribution is -2.32. The molecule has 0 aromatic heterocycles. The Morgan fingerprint density at radius 1 is 1.07 bits per heavy atom. The molecular formula is C22H23N3O4. The van der Waals surface area contributed by atoms with Gasteiger partial charge >= 0.3 is 0 Å². The van der Waals surface area contributed by atoms with E-state index >= 15 is 0 Å². The zero-order valence-corrected chi connectivity index (χ0v) is 16.3. The molecule has 1 N–H and O–H groups in total. The minimum atomic E-state index is -0.441. The lowest BCUT2D eigenvalue weighted by Gasteiger charge is -2.23. The van der Waals surface area contributed by atoms with E-state index in [0.717, 1.165) is 31.2 Å². The monoisotopic (exact) mass is 393 g/mol. The van der Waals surface area contributed by atoms with Gasteiger partial charge in [0.2, 0.25) is 0 Å². The van der Waals surface area contributed by atoms with Crippen molar-refractivity contribution in [2.24, 2.45) is 0 Å². The minimum Gasteiger partial charge on any atom is -0.349 e. The zero-order chi connectivity index (χ0) is 20.5. The molecule has 2 aromatic rings. The summed E-state index contributed by atoms with van der Waals surface area (Å²) in [6.07, 6.45) is 4.01. The summed E-state index contributed by atoms with van der Waals surface area (Å²) in [5.41, 5.74) is 2.52. The average Bonchev–Trinajstić information content (AvgIpc) is 3.60. The molecule has 0 aliphatic heterocycles. The second-order valence-corrected chi connectivity index (χ2v) is 7.87. The normalized spacial score (nSPS) is 15.6. The van der Waals surface area contributed by atoms with E-state index in [2.05, 4.69) is 5.32 Å². The van der Waals surface area contributed by atoms with Crippen LogP contribution in [0.25, 0.3) is 0 Å². The Bertz CT molecular complexity index is 963. The van der Waals surface area contributed by atoms with Crippen molar-refractivity contribution in [2.45, 2.75) is 51.2 Å². The molecule has 0 saturated heterocycles. The first-order valence-electron chi connectivity index (χ1n) is 9.88. The zero-order valence-electron chi connectivity index (χ0n) is 16.3. The molecule has 150 valence electrons. The number of hydrogen-bond acceptors (Lipinski definition) is 4. The van der Waals surface area contributed by atoms with Crippen molar-refractivity contribution in [2.75, 3.05) is 0 Å². The third-order valence-electron chi connectivity index (χ3n) is 5.37. The predicted molar refractivity (Wildman–Crippen MR) is 108 cm³/mol. The molecule has 2 saturated carbocycles. The van der Waals surface area contributed by atoms with Crippen LogP contribution in [0.2, 0.25) is 0 Å². The van der Waals surface area contributed by atoms with E-state index in [0.29, 0.717) is 29.3 Å². The van der Waals surface area contributed by atoms with E-state index in [1.807, 2.05) is 17.0 Å². The first-order chi connectivity index (χ1) is 13.9. The second-order valence-electron chi connectivity index (χ2n) is 7.87. The molecule has 0 unspecified atom stereocenters. The van der Waals surface area contributed by atoms with E-state index in [1.165, 1.54) is 12.1 Å². The SMILES string of the molecule is Cc1cc(C(=O)N(Cc2ccc(C(=O)NC3CC3)cc2)C2CC2)ccc1[N+](=O)[O-]. The third-order valence-corrected chi connectivity index (χ3v) is 5.37. The predicted octanol–water partition coefficient (Wildman–Crippen LogP) is 3.60. The van der Waals surface area contributed by atoms with Crippen LogP contribution in [-0.4, -0.2) is 33.7 Å². The van der Waals surface area contributed by atoms with Crippen molar-refractivity contribution >= 4 is 17.5 Å². The van der Waals surface area contributed by atoms with Gasteiger partial charge in [-0.25, -0.2) is 0 Å². The number of rotatable bonds is 7. The van der Waals surface area contributed by atoms with Crippen LogP contribution in [0.15, 0.2) is 42.5 Å². The van der Waals surface area contributed by atoms with Crippen LogP contribution in [0, 0.1) is 17.0 Å². The lowest BCUT2D eigenvalue weighted by molar-refractivity contribution is -0.385. The van der Waals surface area contributed by atoms with Crippen molar-refractivity contribution in [3.63, 3.8) is 0 Å². The molecule has 2 aliphatic rings. The van der Waals surface area contributed by atoms with Gasteiger partial charge < -0.3 is 10.2 Å². The molecule has 7 nitrogen and oxygen atoms in total. The highest BCUT2D eigenvalue weighted by Gasteiger charge is 2.33. The van der Waals surface area contributed by atoms with Crippen molar-refractivity contribution < 1.29 is 14.5 Å². The van der Waals surface area contributed by atoms with Crippen LogP contribution in [0.4, 0.5) is 5.69 Å². The van der Waals surface area contributed by atoms with E-state index in [4.69, 9.17) is 0 Å². The van der Waals surface area contributed by atoms with Gasteiger partial charge in [0.1, 0.15) is 0 Å². The highest BCUT2D eigenvalue weighted by Crippen LogP contribution is 2.31. The maximum Gasteiger partial charge on any atom is 0.272 e. The lowest BCUT2D eigenvalue weighted by atomic mass is 10.1. The van der Waals surface area contributed by atoms with Gasteiger partial charge in [0.25, 0.3) is 17.5 Å². The fraction of sp³-hybridized carbons (Fsp3) is 0.364. The number of hydrogen-bond donors (Lipinski definition) is 1. The molecule has 2 aliphatic carbocycles. The molecule has 4 rings (SSSR count). The number of nitrogens with zero attached hydrogens (tertiary/aromatic N) is 2. The topological polar surface area (TPSA) is 92.6 Å². The summed E-state index contributed by atoms with van der Waals surface area (Å²) in [4.78, 5) is 37.6. The quantitative estimate of drug-likeness (QED) is 0.575. The largest absolute Gasteiger partial charge is 0.349 e. The minimum absolute atomic E-state index is 0.0135. The summed E-state index contributed by atoms with van der Waals surface area (Å²) in [6.45, 7) is 2.09. The van der Waals surface area contributed by atoms with Crippen molar-refractivity contribution in [3.05, 3.63) is 74.8 Å². The third kappa shape index (κ3) is 4.45. The number of carbonyl (C=O) groups excluding carboxylic acids is 2. The van der Waals surface area contributed by atoms with E-state index in [1.54, 1.807) is 25.1 Å². The molecule has 0 radical (unpaired) electrons. The summed E-state index contributed by atoms with van der Waals surface area (Å²) in [7, 11) is 0. The Kier molecular flexibility index (Phi) is 5.05. The van der Waals surface area contributed by atoms with Crippen molar-refractivity contribution in [1.82, 2.24) is 10.2 Å². The molecule has 0 spiro atoms. The number of nitro groups is 1. The summed E-state index contributed by atoms with van der Waals surface area (Å²) < 4.78 is 0. The summed E-state index contributed by atoms with van der Waals surface area (Å²) >= 11 is 0. The van der Waals surface area contributed by atoms with Crippen LogP contribution >= 0.6 is 0 Å². The van der Waals surface area contributed by atoms with Crippen molar-refractivity contribution in [1.29, 1.82) is 0 Å². The molecule has 7 heteroatoms. The fourth-order valence-electron chi connectivity index (χ4n) is 3.37. The van der Waals surface area contributed by atoms with Crippen LogP contribution in [0.1, 0.15) is 57.5 Å². The molecule has 2 fully saturated rings. The Hall–Kier alpha value is -3.22. The smallest absolute Gasteiger partial charge is 0.272 e. The fourth-order valence-corrected chi connectivity index (χ4v) is 3.37. The Morgan fingerprint density at radius 3 is 2.28 bits per heavy atom. The maximum absolute atomic E-state index is 13.1. The van der Waals surface area contributed by atoms with Crippen LogP contribution < -0.4 is 5.32 Å². The number of nitro benzene ring substituents is 1. The summed E-state index contributed by atoms with van der Waals surface area (Å²) in [5, 5.41) is 14.0. The molecule has 0 heterocycles. The molecule has 2 aromatic carbocycles. The molecular weight excluding hydrogens is 370 g/mol. The maximum atomic E-state index is 13.1. The van der Waals surface area contributed by atoms with E-state index < -0.39 is 4.92 Å².